The van der Waals surface area contributed by atoms with Crippen molar-refractivity contribution in [2.75, 3.05) is 6.54 Å². The van der Waals surface area contributed by atoms with Crippen molar-refractivity contribution in [3.05, 3.63) is 24.4 Å². The van der Waals surface area contributed by atoms with Crippen molar-refractivity contribution in [1.82, 2.24) is 9.71 Å². The minimum Gasteiger partial charge on any atom is -0.243 e. The summed E-state index contributed by atoms with van der Waals surface area (Å²) in [5.74, 6) is 0. The van der Waals surface area contributed by atoms with E-state index in [0.717, 1.165) is 0 Å². The first kappa shape index (κ1) is 9.15. The minimum atomic E-state index is -3.37. The lowest BCUT2D eigenvalue weighted by Gasteiger charge is -2.01. The number of nitrogens with one attached hydrogen (secondary N) is 1. The average Bonchev–Trinajstić information content (AvgIpc) is 2.06. The van der Waals surface area contributed by atoms with Gasteiger partial charge in [-0.3, -0.25) is 0 Å². The molecule has 1 N–H and O–H groups in total. The highest BCUT2D eigenvalue weighted by Crippen LogP contribution is 2.01. The molecule has 5 heteroatoms. The molecular weight excluding hydrogens is 176 g/mol. The smallest absolute Gasteiger partial charge is 0.243 e. The van der Waals surface area contributed by atoms with Crippen molar-refractivity contribution in [3.63, 3.8) is 0 Å². The summed E-state index contributed by atoms with van der Waals surface area (Å²) in [6, 6.07) is 4.76. The Bertz CT molecular complexity index is 334. The molecule has 0 amide bonds. The van der Waals surface area contributed by atoms with Gasteiger partial charge in [-0.25, -0.2) is 18.1 Å². The van der Waals surface area contributed by atoms with Crippen LogP contribution in [-0.4, -0.2) is 19.9 Å². The fourth-order valence-corrected chi connectivity index (χ4v) is 1.76. The van der Waals surface area contributed by atoms with Gasteiger partial charge in [0, 0.05) is 12.7 Å². The molecule has 0 radical (unpaired) electrons. The Balaban J connectivity index is 2.99. The van der Waals surface area contributed by atoms with Gasteiger partial charge in [0.15, 0.2) is 5.03 Å². The van der Waals surface area contributed by atoms with E-state index in [-0.39, 0.29) is 5.03 Å². The van der Waals surface area contributed by atoms with E-state index in [4.69, 9.17) is 0 Å². The predicted molar refractivity (Wildman–Crippen MR) is 45.1 cm³/mol. The predicted octanol–water partition coefficient (Wildman–Crippen LogP) is 0.380. The Morgan fingerprint density at radius 1 is 1.50 bits per heavy atom. The SMILES string of the molecule is CCNS(=O)(=O)c1ccccn1. The van der Waals surface area contributed by atoms with Crippen LogP contribution in [0.1, 0.15) is 6.92 Å². The highest BCUT2D eigenvalue weighted by molar-refractivity contribution is 7.89. The van der Waals surface area contributed by atoms with Gasteiger partial charge in [0.1, 0.15) is 0 Å². The summed E-state index contributed by atoms with van der Waals surface area (Å²) in [6.07, 6.45) is 1.45. The summed E-state index contributed by atoms with van der Waals surface area (Å²) in [5, 5.41) is 0.0619. The first-order chi connectivity index (χ1) is 5.67. The number of nitrogens with zero attached hydrogens (tertiary/aromatic N) is 1. The van der Waals surface area contributed by atoms with Gasteiger partial charge in [0.25, 0.3) is 10.0 Å². The van der Waals surface area contributed by atoms with Gasteiger partial charge in [-0.15, -0.1) is 0 Å². The van der Waals surface area contributed by atoms with Crippen molar-refractivity contribution in [2.24, 2.45) is 0 Å². The molecule has 1 rings (SSSR count). The second-order valence-corrected chi connectivity index (χ2v) is 3.88. The Morgan fingerprint density at radius 2 is 2.25 bits per heavy atom. The first-order valence-electron chi connectivity index (χ1n) is 3.57. The largest absolute Gasteiger partial charge is 0.258 e. The lowest BCUT2D eigenvalue weighted by atomic mass is 10.5. The molecule has 0 spiro atoms. The van der Waals surface area contributed by atoms with Crippen molar-refractivity contribution in [2.45, 2.75) is 11.9 Å². The van der Waals surface area contributed by atoms with Gasteiger partial charge in [-0.2, -0.15) is 0 Å². The molecule has 1 aromatic heterocycles. The summed E-state index contributed by atoms with van der Waals surface area (Å²) in [4.78, 5) is 3.72. The standard InChI is InChI=1S/C7H10N2O2S/c1-2-9-12(10,11)7-5-3-4-6-8-7/h3-6,9H,2H2,1H3. The normalized spacial score (nSPS) is 11.4. The number of sulfonamides is 1. The van der Waals surface area contributed by atoms with Crippen LogP contribution in [0.5, 0.6) is 0 Å². The van der Waals surface area contributed by atoms with Gasteiger partial charge >= 0.3 is 0 Å². The minimum absolute atomic E-state index is 0.0619. The summed E-state index contributed by atoms with van der Waals surface area (Å²) in [5.41, 5.74) is 0. The first-order valence-corrected chi connectivity index (χ1v) is 5.06. The molecule has 0 aliphatic heterocycles. The zero-order valence-electron chi connectivity index (χ0n) is 6.69. The van der Waals surface area contributed by atoms with E-state index in [9.17, 15) is 8.42 Å². The molecule has 0 unspecified atom stereocenters. The Kier molecular flexibility index (Phi) is 2.78. The molecule has 0 saturated carbocycles. The van der Waals surface area contributed by atoms with Gasteiger partial charge in [0.2, 0.25) is 0 Å². The second kappa shape index (κ2) is 3.64. The molecule has 0 saturated heterocycles. The van der Waals surface area contributed by atoms with Crippen LogP contribution in [0, 0.1) is 0 Å². The summed E-state index contributed by atoms with van der Waals surface area (Å²) in [7, 11) is -3.37. The molecule has 66 valence electrons. The molecule has 0 aromatic carbocycles. The van der Waals surface area contributed by atoms with Crippen molar-refractivity contribution in [3.8, 4) is 0 Å². The average molecular weight is 186 g/mol. The number of rotatable bonds is 3. The third kappa shape index (κ3) is 2.02. The Morgan fingerprint density at radius 3 is 2.75 bits per heavy atom. The molecule has 0 aliphatic carbocycles. The maximum atomic E-state index is 11.3. The van der Waals surface area contributed by atoms with E-state index in [0.29, 0.717) is 6.54 Å². The lowest BCUT2D eigenvalue weighted by molar-refractivity contribution is 0.580. The van der Waals surface area contributed by atoms with Crippen LogP contribution in [0.15, 0.2) is 29.4 Å². The fraction of sp³-hybridized carbons (Fsp3) is 0.286. The summed E-state index contributed by atoms with van der Waals surface area (Å²) < 4.78 is 24.9. The van der Waals surface area contributed by atoms with Crippen LogP contribution >= 0.6 is 0 Å². The molecular formula is C7H10N2O2S. The third-order valence-electron chi connectivity index (χ3n) is 1.25. The topological polar surface area (TPSA) is 59.1 Å². The molecule has 1 heterocycles. The van der Waals surface area contributed by atoms with E-state index in [2.05, 4.69) is 9.71 Å². The maximum Gasteiger partial charge on any atom is 0.258 e. The monoisotopic (exact) mass is 186 g/mol. The summed E-state index contributed by atoms with van der Waals surface area (Å²) >= 11 is 0. The van der Waals surface area contributed by atoms with Crippen LogP contribution < -0.4 is 4.72 Å². The van der Waals surface area contributed by atoms with Crippen LogP contribution in [0.4, 0.5) is 0 Å². The number of hydrogen-bond donors (Lipinski definition) is 1. The maximum absolute atomic E-state index is 11.3. The number of hydrogen-bond acceptors (Lipinski definition) is 3. The zero-order valence-corrected chi connectivity index (χ0v) is 7.50. The highest BCUT2D eigenvalue weighted by atomic mass is 32.2. The number of aromatic nitrogens is 1. The molecule has 0 bridgehead atoms. The Hall–Kier alpha value is -0.940. The Labute approximate surface area is 71.7 Å². The van der Waals surface area contributed by atoms with E-state index in [1.54, 1.807) is 19.1 Å². The summed E-state index contributed by atoms with van der Waals surface area (Å²) in [6.45, 7) is 2.10. The third-order valence-corrected chi connectivity index (χ3v) is 2.71. The van der Waals surface area contributed by atoms with E-state index in [1.165, 1.54) is 12.3 Å². The quantitative estimate of drug-likeness (QED) is 0.742. The van der Waals surface area contributed by atoms with Gasteiger partial charge < -0.3 is 0 Å². The number of pyridine rings is 1. The molecule has 12 heavy (non-hydrogen) atoms. The van der Waals surface area contributed by atoms with Crippen molar-refractivity contribution < 1.29 is 8.42 Å². The second-order valence-electron chi connectivity index (χ2n) is 2.17. The van der Waals surface area contributed by atoms with E-state index in [1.807, 2.05) is 0 Å². The van der Waals surface area contributed by atoms with Gasteiger partial charge in [-0.05, 0) is 12.1 Å². The highest BCUT2D eigenvalue weighted by Gasteiger charge is 2.12. The van der Waals surface area contributed by atoms with Crippen molar-refractivity contribution in [1.29, 1.82) is 0 Å². The molecule has 0 aliphatic rings. The van der Waals surface area contributed by atoms with E-state index < -0.39 is 10.0 Å². The van der Waals surface area contributed by atoms with Crippen molar-refractivity contribution >= 4 is 10.0 Å². The molecule has 4 nitrogen and oxygen atoms in total. The van der Waals surface area contributed by atoms with Crippen LogP contribution in [0.3, 0.4) is 0 Å². The zero-order chi connectivity index (χ0) is 9.03. The molecule has 0 atom stereocenters. The fourth-order valence-electron chi connectivity index (χ4n) is 0.770. The van der Waals surface area contributed by atoms with E-state index >= 15 is 0 Å². The lowest BCUT2D eigenvalue weighted by Crippen LogP contribution is -2.23. The van der Waals surface area contributed by atoms with Gasteiger partial charge in [0.05, 0.1) is 0 Å². The van der Waals surface area contributed by atoms with Crippen LogP contribution in [-0.2, 0) is 10.0 Å². The molecule has 0 fully saturated rings. The molecule has 1 aromatic rings. The van der Waals surface area contributed by atoms with Crippen LogP contribution in [0.25, 0.3) is 0 Å². The van der Waals surface area contributed by atoms with Gasteiger partial charge in [-0.1, -0.05) is 13.0 Å². The van der Waals surface area contributed by atoms with Crippen LogP contribution in [0.2, 0.25) is 0 Å².